The van der Waals surface area contributed by atoms with Gasteiger partial charge < -0.3 is 120 Å². The van der Waals surface area contributed by atoms with Crippen molar-refractivity contribution in [3.05, 3.63) is 56.8 Å². The maximum absolute atomic E-state index is 15.1. The van der Waals surface area contributed by atoms with Crippen molar-refractivity contribution in [1.82, 2.24) is 56.5 Å². The molecule has 40 heteroatoms. The van der Waals surface area contributed by atoms with E-state index in [2.05, 4.69) is 74.0 Å². The summed E-state index contributed by atoms with van der Waals surface area (Å²) in [7, 11) is 0.267. The Morgan fingerprint density at radius 2 is 1.56 bits per heavy atom. The minimum absolute atomic E-state index is 0.0856. The summed E-state index contributed by atoms with van der Waals surface area (Å²) in [5, 5.41) is 94.7. The Labute approximate surface area is 541 Å². The molecule has 2 saturated heterocycles. The van der Waals surface area contributed by atoms with Crippen molar-refractivity contribution in [2.24, 2.45) is 28.9 Å². The molecule has 2 aliphatic heterocycles. The zero-order chi connectivity index (χ0) is 68.5. The van der Waals surface area contributed by atoms with Gasteiger partial charge in [0.25, 0.3) is 11.8 Å². The first-order chi connectivity index (χ1) is 44.0. The molecule has 0 spiro atoms. The molecule has 0 radical (unpaired) electrons. The standard InChI is InChI=1S/C53H77N17O20S3/c1-20-33(68-45(70-43(20)56)24(11-30(55)73)62-12-23(54)44(57)80)48(83)69-34(40(25-13-59-19-64-25)88-52-42(38(78)36(76)28(15-71)87-52)89-51-39(79)41(90-53(58)85)37(77)29(16-72)86-51)49(84)65-22(3)35(75)21(2)46(81)63-14-31(74)60-9-7-32-66-27(18-91-32)50-67-26(17-92-50)47(82)61-8-6-10-93(4)5/h13-14,17-19,21-24,28-29,34-42,51-52,62,71-72,75-79H,6-12,15-16,54H2,1-5H3,(H12-,55,56,57,58,59,60,61,64,65,68,69,70,73,74,80,82,83,84,85)/p+2/t21-,22+,23-,24-,28-,29+,34-,35-,36+,37+,38-,39-,40-,41-,42-,51+,52-/m0/s1. The molecule has 0 saturated carbocycles. The number of hydrogen-bond acceptors (Lipinski definition) is 30. The van der Waals surface area contributed by atoms with Crippen molar-refractivity contribution < 1.29 is 103 Å². The van der Waals surface area contributed by atoms with Gasteiger partial charge in [-0.05, 0) is 31.7 Å². The second-order valence-corrected chi connectivity index (χ2v) is 25.9. The van der Waals surface area contributed by atoms with Crippen LogP contribution in [0.2, 0.25) is 0 Å². The molecule has 37 nitrogen and oxygen atoms in total. The fourth-order valence-electron chi connectivity index (χ4n) is 9.32. The number of hydrogen-bond donors (Lipinski definition) is 19. The van der Waals surface area contributed by atoms with Gasteiger partial charge in [-0.3, -0.25) is 28.8 Å². The number of thiazole rings is 2. The van der Waals surface area contributed by atoms with Crippen LogP contribution in [-0.4, -0.2) is 256 Å². The second-order valence-electron chi connectivity index (χ2n) is 21.7. The summed E-state index contributed by atoms with van der Waals surface area (Å²) in [5.41, 5.74) is 28.1. The molecule has 0 bridgehead atoms. The first-order valence-corrected chi connectivity index (χ1v) is 32.6. The fourth-order valence-corrected chi connectivity index (χ4v) is 11.7. The lowest BCUT2D eigenvalue weighted by Gasteiger charge is -2.47. The van der Waals surface area contributed by atoms with E-state index >= 15 is 4.79 Å². The number of carbonyl (C=O) groups is 8. The van der Waals surface area contributed by atoms with Gasteiger partial charge in [0, 0.05) is 55.2 Å². The number of rotatable bonds is 33. The minimum Gasteiger partial charge on any atom is -0.441 e. The molecule has 6 rings (SSSR count). The van der Waals surface area contributed by atoms with Crippen LogP contribution in [0.15, 0.2) is 23.3 Å². The highest BCUT2D eigenvalue weighted by molar-refractivity contribution is 7.95. The first-order valence-electron chi connectivity index (χ1n) is 28.7. The maximum Gasteiger partial charge on any atom is 0.404 e. The van der Waals surface area contributed by atoms with Gasteiger partial charge in [0.1, 0.15) is 100 Å². The molecule has 0 unspecified atom stereocenters. The van der Waals surface area contributed by atoms with E-state index in [1.54, 1.807) is 10.8 Å². The van der Waals surface area contributed by atoms with E-state index in [1.165, 1.54) is 43.4 Å². The monoisotopic (exact) mass is 1370 g/mol. The topological polar surface area (TPSA) is 609 Å². The summed E-state index contributed by atoms with van der Waals surface area (Å²) < 4.78 is 28.7. The van der Waals surface area contributed by atoms with E-state index in [1.807, 2.05) is 0 Å². The third-order valence-electron chi connectivity index (χ3n) is 14.6. The number of nitrogens with one attached hydrogen (secondary N) is 7. The molecule has 0 aliphatic carbocycles. The number of aliphatic hydroxyl groups excluding tert-OH is 7. The molecule has 8 amide bonds. The lowest BCUT2D eigenvalue weighted by Crippen LogP contribution is -2.78. The lowest BCUT2D eigenvalue weighted by molar-refractivity contribution is -0.379. The Morgan fingerprint density at radius 3 is 2.20 bits per heavy atom. The Kier molecular flexibility index (Phi) is 27.8. The smallest absolute Gasteiger partial charge is 0.404 e. The summed E-state index contributed by atoms with van der Waals surface area (Å²) in [6, 6.07) is -6.13. The highest BCUT2D eigenvalue weighted by atomic mass is 32.2. The SMILES string of the molecule is Cc1c(N)nc([C@H](CC(N)=O)NC[C@H](N)C(N)=O)nc1C(=O)N[C@H](C(=O)N[C@H](C)[C@@H](O)[C@H](C)C(=O)[NH+]=CC(=O)NCCc1nc(-c2nc(C(=O)NCCC[S+](C)C)cs2)cs1)[C@@H](O[C@@H]1O[C@@H](CO)[C@@H](O)[C@H](O)[C@@H]1O[C@H]1O[C@H](CO)[C@@H](O)[C@H](OC(N)=O)[C@@H]1O)c1cnc[nH]1. The normalized spacial score (nSPS) is 23.8. The number of H-pyrrole nitrogens is 1. The van der Waals surface area contributed by atoms with E-state index < -0.39 is 171 Å². The van der Waals surface area contributed by atoms with Crippen molar-refractivity contribution in [3.8, 4) is 10.7 Å². The number of primary amides is 3. The number of aliphatic hydroxyl groups is 7. The highest BCUT2D eigenvalue weighted by Gasteiger charge is 2.54. The molecular formula is C53H79N17O20S3+2. The average molecular weight is 1370 g/mol. The molecule has 0 aromatic carbocycles. The molecule has 4 aromatic heterocycles. The Morgan fingerprint density at radius 1 is 0.860 bits per heavy atom. The van der Waals surface area contributed by atoms with E-state index in [4.69, 9.17) is 52.4 Å². The number of nitrogens with two attached hydrogens (primary N) is 5. The van der Waals surface area contributed by atoms with Crippen molar-refractivity contribution in [2.45, 2.75) is 138 Å². The number of nitrogens with zero attached hydrogens (tertiary/aromatic N) is 5. The molecule has 2 fully saturated rings. The number of nitrogen functional groups attached to an aromatic ring is 1. The largest absolute Gasteiger partial charge is 0.441 e. The first kappa shape index (κ1) is 74.6. The Bertz CT molecular complexity index is 3240. The molecule has 512 valence electrons. The summed E-state index contributed by atoms with van der Waals surface area (Å²) >= 11 is 2.58. The van der Waals surface area contributed by atoms with Crippen LogP contribution in [0, 0.1) is 12.8 Å². The Balaban J connectivity index is 1.24. The zero-order valence-electron chi connectivity index (χ0n) is 50.9. The summed E-state index contributed by atoms with van der Waals surface area (Å²) in [6.45, 7) is 2.15. The predicted octanol–water partition coefficient (Wildman–Crippen LogP) is -8.89. The molecule has 24 N–H and O–H groups in total. The van der Waals surface area contributed by atoms with Crippen LogP contribution < -0.4 is 60.2 Å². The van der Waals surface area contributed by atoms with Crippen molar-refractivity contribution >= 4 is 93.0 Å². The van der Waals surface area contributed by atoms with E-state index in [-0.39, 0.29) is 64.9 Å². The van der Waals surface area contributed by atoms with Crippen LogP contribution in [0.5, 0.6) is 0 Å². The number of carbonyl (C=O) groups excluding carboxylic acids is 8. The number of aromatic amines is 1. The van der Waals surface area contributed by atoms with Gasteiger partial charge in [-0.25, -0.2) is 34.5 Å². The van der Waals surface area contributed by atoms with Gasteiger partial charge in [-0.2, -0.15) is 4.99 Å². The van der Waals surface area contributed by atoms with Gasteiger partial charge >= 0.3 is 17.9 Å². The lowest BCUT2D eigenvalue weighted by atomic mass is 9.96. The van der Waals surface area contributed by atoms with Gasteiger partial charge in [-0.1, -0.05) is 0 Å². The molecule has 93 heavy (non-hydrogen) atoms. The minimum atomic E-state index is -2.18. The average Bonchev–Trinajstić information content (AvgIpc) is 1.83. The van der Waals surface area contributed by atoms with Crippen LogP contribution in [0.1, 0.15) is 81.9 Å². The maximum atomic E-state index is 15.1. The van der Waals surface area contributed by atoms with E-state index in [9.17, 15) is 69.3 Å². The molecular weight excluding hydrogens is 1290 g/mol. The van der Waals surface area contributed by atoms with Crippen molar-refractivity contribution in [3.63, 3.8) is 0 Å². The molecule has 6 heterocycles. The summed E-state index contributed by atoms with van der Waals surface area (Å²) in [4.78, 5) is 132. The number of imidazole rings is 1. The van der Waals surface area contributed by atoms with Gasteiger partial charge in [0.05, 0.1) is 73.2 Å². The van der Waals surface area contributed by atoms with Crippen LogP contribution in [-0.2, 0) is 65.0 Å². The fraction of sp³-hybridized carbons (Fsp3) is 0.585. The number of anilines is 1. The van der Waals surface area contributed by atoms with Crippen molar-refractivity contribution in [1.29, 1.82) is 0 Å². The van der Waals surface area contributed by atoms with Gasteiger partial charge in [0.2, 0.25) is 23.9 Å². The number of amides is 8. The molecule has 4 aromatic rings. The number of ether oxygens (including phenoxy) is 5. The number of aromatic nitrogens is 6. The summed E-state index contributed by atoms with van der Waals surface area (Å²) in [6.07, 6.45) is -17.3. The van der Waals surface area contributed by atoms with Gasteiger partial charge in [-0.15, -0.1) is 22.7 Å². The molecule has 2 aliphatic rings. The van der Waals surface area contributed by atoms with Crippen LogP contribution in [0.25, 0.3) is 10.7 Å². The summed E-state index contributed by atoms with van der Waals surface area (Å²) in [5.74, 6) is -7.28. The van der Waals surface area contributed by atoms with E-state index in [0.29, 0.717) is 22.3 Å². The van der Waals surface area contributed by atoms with Crippen molar-refractivity contribution in [2.75, 3.05) is 56.8 Å². The molecule has 17 atom stereocenters. The Hall–Kier alpha value is -7.39. The third kappa shape index (κ3) is 20.3. The zero-order valence-corrected chi connectivity index (χ0v) is 53.3. The van der Waals surface area contributed by atoms with Crippen LogP contribution in [0.4, 0.5) is 10.6 Å². The van der Waals surface area contributed by atoms with Gasteiger partial charge in [0.15, 0.2) is 18.7 Å². The highest BCUT2D eigenvalue weighted by Crippen LogP contribution is 2.35. The quantitative estimate of drug-likeness (QED) is 0.0120. The third-order valence-corrected chi connectivity index (χ3v) is 17.4. The van der Waals surface area contributed by atoms with E-state index in [0.717, 1.165) is 30.9 Å². The predicted molar refractivity (Wildman–Crippen MR) is 327 cm³/mol. The van der Waals surface area contributed by atoms with Crippen LogP contribution in [0.3, 0.4) is 0 Å². The van der Waals surface area contributed by atoms with Crippen LogP contribution >= 0.6 is 22.7 Å². The second kappa shape index (κ2) is 34.7.